The van der Waals surface area contributed by atoms with Crippen molar-refractivity contribution in [2.24, 2.45) is 0 Å². The van der Waals surface area contributed by atoms with E-state index in [0.717, 1.165) is 43.2 Å². The highest BCUT2D eigenvalue weighted by molar-refractivity contribution is 6.00. The van der Waals surface area contributed by atoms with Crippen LogP contribution in [0.5, 0.6) is 0 Å². The van der Waals surface area contributed by atoms with E-state index in [2.05, 4.69) is 6.92 Å². The summed E-state index contributed by atoms with van der Waals surface area (Å²) in [4.78, 5) is 12.5. The molecule has 2 atom stereocenters. The van der Waals surface area contributed by atoms with Crippen LogP contribution in [0.2, 0.25) is 0 Å². The minimum atomic E-state index is -1.24. The second kappa shape index (κ2) is 10.4. The second-order valence-electron chi connectivity index (χ2n) is 7.19. The van der Waals surface area contributed by atoms with Gasteiger partial charge in [0, 0.05) is 6.61 Å². The molecule has 2 N–H and O–H groups in total. The zero-order chi connectivity index (χ0) is 18.8. The lowest BCUT2D eigenvalue weighted by Crippen LogP contribution is -2.32. The number of rotatable bonds is 11. The van der Waals surface area contributed by atoms with Crippen LogP contribution in [0.25, 0.3) is 0 Å². The molecule has 1 aliphatic carbocycles. The van der Waals surface area contributed by atoms with Crippen LogP contribution in [0.1, 0.15) is 68.9 Å². The van der Waals surface area contributed by atoms with Crippen LogP contribution in [0.15, 0.2) is 48.6 Å². The van der Waals surface area contributed by atoms with Crippen molar-refractivity contribution in [1.82, 2.24) is 0 Å². The van der Waals surface area contributed by atoms with E-state index in [1.807, 2.05) is 30.3 Å². The Morgan fingerprint density at radius 3 is 2.69 bits per heavy atom. The van der Waals surface area contributed by atoms with Crippen molar-refractivity contribution < 1.29 is 15.0 Å². The van der Waals surface area contributed by atoms with Crippen molar-refractivity contribution in [3.63, 3.8) is 0 Å². The third kappa shape index (κ3) is 5.39. The van der Waals surface area contributed by atoms with Gasteiger partial charge in [-0.3, -0.25) is 4.79 Å². The number of allylic oxidation sites excluding steroid dienone is 2. The summed E-state index contributed by atoms with van der Waals surface area (Å²) in [5.41, 5.74) is 0.742. The quantitative estimate of drug-likeness (QED) is 0.454. The highest BCUT2D eigenvalue weighted by atomic mass is 16.3. The molecule has 0 heterocycles. The van der Waals surface area contributed by atoms with Gasteiger partial charge in [0.05, 0.1) is 5.92 Å². The van der Waals surface area contributed by atoms with Crippen molar-refractivity contribution in [3.8, 4) is 0 Å². The normalized spacial score (nSPS) is 22.6. The third-order valence-corrected chi connectivity index (χ3v) is 5.09. The number of carbonyl (C=O) groups excluding carboxylic acids is 1. The number of aliphatic hydroxyl groups is 2. The van der Waals surface area contributed by atoms with E-state index in [4.69, 9.17) is 5.11 Å². The van der Waals surface area contributed by atoms with Gasteiger partial charge in [-0.15, -0.1) is 0 Å². The number of hydrogen-bond acceptors (Lipinski definition) is 3. The molecule has 0 amide bonds. The number of aryl methyl sites for hydroxylation is 1. The second-order valence-corrected chi connectivity index (χ2v) is 7.19. The Morgan fingerprint density at radius 1 is 1.12 bits per heavy atom. The standard InChI is InChI=1S/C23H32O3/c1-2-3-4-5-6-10-16-23(26)17-15-21(25)22(23)20-14-8-7-12-19(20)13-9-11-18-24/h7-8,10,12,14-17,22,24,26H,2-6,9,11,13,18H2,1H3/b16-10+/t22-,23+/m0/s1. The Hall–Kier alpha value is -1.71. The summed E-state index contributed by atoms with van der Waals surface area (Å²) in [6.45, 7) is 2.37. The number of benzene rings is 1. The minimum absolute atomic E-state index is 0.0438. The van der Waals surface area contributed by atoms with Gasteiger partial charge >= 0.3 is 0 Å². The Kier molecular flexibility index (Phi) is 8.27. The van der Waals surface area contributed by atoms with Gasteiger partial charge in [-0.25, -0.2) is 0 Å². The van der Waals surface area contributed by atoms with Gasteiger partial charge in [-0.2, -0.15) is 0 Å². The number of unbranched alkanes of at least 4 members (excludes halogenated alkanes) is 5. The van der Waals surface area contributed by atoms with Gasteiger partial charge in [-0.1, -0.05) is 62.6 Å². The van der Waals surface area contributed by atoms with E-state index < -0.39 is 11.5 Å². The molecule has 0 radical (unpaired) electrons. The molecule has 0 aromatic heterocycles. The maximum absolute atomic E-state index is 12.5. The molecular weight excluding hydrogens is 324 g/mol. The van der Waals surface area contributed by atoms with Gasteiger partial charge < -0.3 is 10.2 Å². The maximum Gasteiger partial charge on any atom is 0.166 e. The zero-order valence-electron chi connectivity index (χ0n) is 15.9. The fourth-order valence-electron chi connectivity index (χ4n) is 3.62. The molecule has 0 saturated carbocycles. The first kappa shape index (κ1) is 20.6. The molecule has 0 spiro atoms. The molecule has 1 aliphatic rings. The summed E-state index contributed by atoms with van der Waals surface area (Å²) in [5.74, 6) is -0.613. The lowest BCUT2D eigenvalue weighted by molar-refractivity contribution is -0.117. The Balaban J connectivity index is 2.13. The van der Waals surface area contributed by atoms with Gasteiger partial charge in [-0.05, 0) is 55.4 Å². The molecule has 3 nitrogen and oxygen atoms in total. The minimum Gasteiger partial charge on any atom is -0.396 e. The maximum atomic E-state index is 12.5. The van der Waals surface area contributed by atoms with Crippen LogP contribution in [0, 0.1) is 0 Å². The fourth-order valence-corrected chi connectivity index (χ4v) is 3.62. The highest BCUT2D eigenvalue weighted by Gasteiger charge is 2.42. The van der Waals surface area contributed by atoms with Crippen LogP contribution in [0.4, 0.5) is 0 Å². The lowest BCUT2D eigenvalue weighted by atomic mass is 9.80. The smallest absolute Gasteiger partial charge is 0.166 e. The summed E-state index contributed by atoms with van der Waals surface area (Å²) in [6, 6.07) is 7.86. The van der Waals surface area contributed by atoms with Crippen molar-refractivity contribution >= 4 is 5.78 Å². The molecule has 3 heteroatoms. The van der Waals surface area contributed by atoms with E-state index in [1.165, 1.54) is 25.3 Å². The Bertz CT molecular complexity index is 632. The molecule has 142 valence electrons. The van der Waals surface area contributed by atoms with Crippen molar-refractivity contribution in [2.75, 3.05) is 6.61 Å². The summed E-state index contributed by atoms with van der Waals surface area (Å²) >= 11 is 0. The molecule has 0 bridgehead atoms. The molecule has 0 aliphatic heterocycles. The van der Waals surface area contributed by atoms with Gasteiger partial charge in [0.1, 0.15) is 5.60 Å². The molecule has 26 heavy (non-hydrogen) atoms. The monoisotopic (exact) mass is 356 g/mol. The molecule has 0 unspecified atom stereocenters. The average Bonchev–Trinajstić information content (AvgIpc) is 2.94. The SMILES string of the molecule is CCCCCC/C=C/[C@@]1(O)C=CC(=O)[C@@H]1c1ccccc1CCCCO. The summed E-state index contributed by atoms with van der Waals surface area (Å²) in [5, 5.41) is 20.2. The number of hydrogen-bond donors (Lipinski definition) is 2. The van der Waals surface area contributed by atoms with Crippen molar-refractivity contribution in [2.45, 2.75) is 69.8 Å². The molecule has 0 fully saturated rings. The van der Waals surface area contributed by atoms with E-state index in [9.17, 15) is 9.90 Å². The Morgan fingerprint density at radius 2 is 1.92 bits per heavy atom. The number of aliphatic hydroxyl groups excluding tert-OH is 1. The van der Waals surface area contributed by atoms with E-state index in [1.54, 1.807) is 12.2 Å². The van der Waals surface area contributed by atoms with E-state index >= 15 is 0 Å². The highest BCUT2D eigenvalue weighted by Crippen LogP contribution is 2.39. The van der Waals surface area contributed by atoms with Gasteiger partial charge in [0.25, 0.3) is 0 Å². The summed E-state index contributed by atoms with van der Waals surface area (Å²) in [6.07, 6.45) is 15.1. The molecule has 1 aromatic rings. The molecule has 1 aromatic carbocycles. The number of ketones is 1. The van der Waals surface area contributed by atoms with Crippen molar-refractivity contribution in [1.29, 1.82) is 0 Å². The summed E-state index contributed by atoms with van der Waals surface area (Å²) < 4.78 is 0. The van der Waals surface area contributed by atoms with Crippen LogP contribution in [0.3, 0.4) is 0 Å². The average molecular weight is 357 g/mol. The molecular formula is C23H32O3. The van der Waals surface area contributed by atoms with E-state index in [-0.39, 0.29) is 12.4 Å². The first-order valence-corrected chi connectivity index (χ1v) is 9.94. The topological polar surface area (TPSA) is 57.5 Å². The van der Waals surface area contributed by atoms with Crippen molar-refractivity contribution in [3.05, 3.63) is 59.7 Å². The van der Waals surface area contributed by atoms with E-state index in [0.29, 0.717) is 0 Å². The van der Waals surface area contributed by atoms with Crippen LogP contribution >= 0.6 is 0 Å². The summed E-state index contributed by atoms with van der Waals surface area (Å²) in [7, 11) is 0. The zero-order valence-corrected chi connectivity index (χ0v) is 15.9. The predicted octanol–water partition coefficient (Wildman–Crippen LogP) is 4.48. The lowest BCUT2D eigenvalue weighted by Gasteiger charge is -2.27. The predicted molar refractivity (Wildman–Crippen MR) is 106 cm³/mol. The third-order valence-electron chi connectivity index (χ3n) is 5.09. The first-order chi connectivity index (χ1) is 12.6. The Labute approximate surface area is 157 Å². The molecule has 2 rings (SSSR count). The van der Waals surface area contributed by atoms with Crippen LogP contribution in [-0.4, -0.2) is 28.2 Å². The van der Waals surface area contributed by atoms with Crippen LogP contribution in [-0.2, 0) is 11.2 Å². The number of carbonyl (C=O) groups is 1. The fraction of sp³-hybridized carbons (Fsp3) is 0.522. The first-order valence-electron chi connectivity index (χ1n) is 9.94. The largest absolute Gasteiger partial charge is 0.396 e. The van der Waals surface area contributed by atoms with Gasteiger partial charge in [0.2, 0.25) is 0 Å². The van der Waals surface area contributed by atoms with Crippen LogP contribution < -0.4 is 0 Å². The molecule has 0 saturated heterocycles. The van der Waals surface area contributed by atoms with Gasteiger partial charge in [0.15, 0.2) is 5.78 Å².